The van der Waals surface area contributed by atoms with Crippen LogP contribution < -0.4 is 15.8 Å². The highest BCUT2D eigenvalue weighted by Crippen LogP contribution is 2.38. The van der Waals surface area contributed by atoms with E-state index in [1.165, 1.54) is 11.3 Å². The normalized spacial score (nSPS) is 10.5. The third-order valence-electron chi connectivity index (χ3n) is 3.86. The molecule has 5 heteroatoms. The Morgan fingerprint density at radius 1 is 1.12 bits per heavy atom. The number of benzene rings is 2. The van der Waals surface area contributed by atoms with Gasteiger partial charge in [-0.2, -0.15) is 0 Å². The van der Waals surface area contributed by atoms with Gasteiger partial charge in [-0.25, -0.2) is 0 Å². The molecule has 0 aliphatic heterocycles. The number of hydrogen-bond acceptors (Lipinski definition) is 4. The highest BCUT2D eigenvalue weighted by molar-refractivity contribution is 7.20. The van der Waals surface area contributed by atoms with Crippen LogP contribution in [0.4, 0.5) is 10.7 Å². The van der Waals surface area contributed by atoms with E-state index in [1.54, 1.807) is 0 Å². The predicted molar refractivity (Wildman–Crippen MR) is 104 cm³/mol. The van der Waals surface area contributed by atoms with E-state index in [2.05, 4.69) is 5.32 Å². The van der Waals surface area contributed by atoms with Crippen molar-refractivity contribution >= 4 is 27.9 Å². The molecule has 0 radical (unpaired) electrons. The lowest BCUT2D eigenvalue weighted by molar-refractivity contribution is 0.102. The van der Waals surface area contributed by atoms with Crippen molar-refractivity contribution in [2.24, 2.45) is 0 Å². The molecule has 128 valence electrons. The van der Waals surface area contributed by atoms with Crippen molar-refractivity contribution in [3.05, 3.63) is 65.7 Å². The molecule has 0 aliphatic rings. The topological polar surface area (TPSA) is 64.3 Å². The molecule has 0 spiro atoms. The number of ether oxygens (including phenoxy) is 1. The number of amides is 1. The van der Waals surface area contributed by atoms with Crippen LogP contribution in [-0.2, 0) is 0 Å². The standard InChI is InChI=1S/C20H20N2O2S/c1-3-24-16-11-9-15(10-12-16)22-20(23)17-13(2)18(25-19(17)21)14-7-5-4-6-8-14/h4-12H,3,21H2,1-2H3,(H,22,23). The zero-order valence-electron chi connectivity index (χ0n) is 14.2. The van der Waals surface area contributed by atoms with Crippen molar-refractivity contribution in [1.82, 2.24) is 0 Å². The van der Waals surface area contributed by atoms with E-state index in [0.29, 0.717) is 22.9 Å². The van der Waals surface area contributed by atoms with Gasteiger partial charge in [-0.3, -0.25) is 4.79 Å². The minimum atomic E-state index is -0.197. The summed E-state index contributed by atoms with van der Waals surface area (Å²) in [7, 11) is 0. The van der Waals surface area contributed by atoms with Crippen LogP contribution in [0.5, 0.6) is 5.75 Å². The fourth-order valence-electron chi connectivity index (χ4n) is 2.68. The highest BCUT2D eigenvalue weighted by Gasteiger charge is 2.20. The van der Waals surface area contributed by atoms with E-state index in [4.69, 9.17) is 10.5 Å². The summed E-state index contributed by atoms with van der Waals surface area (Å²) >= 11 is 1.44. The number of nitrogens with one attached hydrogen (secondary N) is 1. The number of rotatable bonds is 5. The summed E-state index contributed by atoms with van der Waals surface area (Å²) in [6.45, 7) is 4.48. The van der Waals surface area contributed by atoms with Gasteiger partial charge in [0.25, 0.3) is 5.91 Å². The maximum Gasteiger partial charge on any atom is 0.258 e. The molecule has 0 bridgehead atoms. The molecule has 0 fully saturated rings. The lowest BCUT2D eigenvalue weighted by atomic mass is 10.1. The van der Waals surface area contributed by atoms with E-state index in [0.717, 1.165) is 21.8 Å². The van der Waals surface area contributed by atoms with Gasteiger partial charge in [0.1, 0.15) is 5.75 Å². The molecular formula is C20H20N2O2S. The fourth-order valence-corrected chi connectivity index (χ4v) is 3.75. The Kier molecular flexibility index (Phi) is 5.05. The van der Waals surface area contributed by atoms with Crippen LogP contribution in [0, 0.1) is 6.92 Å². The summed E-state index contributed by atoms with van der Waals surface area (Å²) in [6.07, 6.45) is 0. The van der Waals surface area contributed by atoms with Gasteiger partial charge < -0.3 is 15.8 Å². The first-order chi connectivity index (χ1) is 12.1. The largest absolute Gasteiger partial charge is 0.494 e. The molecule has 0 unspecified atom stereocenters. The highest BCUT2D eigenvalue weighted by atomic mass is 32.1. The first-order valence-electron chi connectivity index (χ1n) is 8.08. The number of anilines is 2. The molecule has 3 aromatic rings. The fraction of sp³-hybridized carbons (Fsp3) is 0.150. The van der Waals surface area contributed by atoms with Crippen LogP contribution in [0.15, 0.2) is 54.6 Å². The van der Waals surface area contributed by atoms with Gasteiger partial charge >= 0.3 is 0 Å². The first kappa shape index (κ1) is 17.0. The molecule has 4 nitrogen and oxygen atoms in total. The van der Waals surface area contributed by atoms with Crippen LogP contribution in [-0.4, -0.2) is 12.5 Å². The Labute approximate surface area is 151 Å². The minimum Gasteiger partial charge on any atom is -0.494 e. The van der Waals surface area contributed by atoms with Gasteiger partial charge in [0.2, 0.25) is 0 Å². The Hall–Kier alpha value is -2.79. The summed E-state index contributed by atoms with van der Waals surface area (Å²) in [5.74, 6) is 0.579. The van der Waals surface area contributed by atoms with Crippen molar-refractivity contribution in [2.75, 3.05) is 17.7 Å². The van der Waals surface area contributed by atoms with Crippen molar-refractivity contribution in [2.45, 2.75) is 13.8 Å². The summed E-state index contributed by atoms with van der Waals surface area (Å²) in [6, 6.07) is 17.3. The SMILES string of the molecule is CCOc1ccc(NC(=O)c2c(N)sc(-c3ccccc3)c2C)cc1. The van der Waals surface area contributed by atoms with Crippen LogP contribution in [0.25, 0.3) is 10.4 Å². The van der Waals surface area contributed by atoms with Crippen molar-refractivity contribution in [3.63, 3.8) is 0 Å². The number of thiophene rings is 1. The van der Waals surface area contributed by atoms with Crippen LogP contribution in [0.1, 0.15) is 22.8 Å². The molecule has 1 heterocycles. The van der Waals surface area contributed by atoms with Gasteiger partial charge in [-0.1, -0.05) is 30.3 Å². The lowest BCUT2D eigenvalue weighted by Gasteiger charge is -2.08. The Balaban J connectivity index is 1.84. The molecule has 1 amide bonds. The van der Waals surface area contributed by atoms with Gasteiger partial charge in [0.15, 0.2) is 0 Å². The Morgan fingerprint density at radius 2 is 1.80 bits per heavy atom. The lowest BCUT2D eigenvalue weighted by Crippen LogP contribution is -2.13. The van der Waals surface area contributed by atoms with E-state index in [-0.39, 0.29) is 5.91 Å². The zero-order chi connectivity index (χ0) is 17.8. The molecule has 3 N–H and O–H groups in total. The maximum absolute atomic E-state index is 12.7. The average molecular weight is 352 g/mol. The number of carbonyl (C=O) groups excluding carboxylic acids is 1. The number of carbonyl (C=O) groups is 1. The number of nitrogens with two attached hydrogens (primary N) is 1. The first-order valence-corrected chi connectivity index (χ1v) is 8.90. The Morgan fingerprint density at radius 3 is 2.44 bits per heavy atom. The second kappa shape index (κ2) is 7.40. The molecule has 0 saturated carbocycles. The van der Waals surface area contributed by atoms with E-state index >= 15 is 0 Å². The van der Waals surface area contributed by atoms with Gasteiger partial charge in [0.05, 0.1) is 17.2 Å². The molecule has 25 heavy (non-hydrogen) atoms. The summed E-state index contributed by atoms with van der Waals surface area (Å²) in [5, 5.41) is 3.43. The van der Waals surface area contributed by atoms with Gasteiger partial charge in [0, 0.05) is 10.6 Å². The predicted octanol–water partition coefficient (Wildman–Crippen LogP) is 4.96. The summed E-state index contributed by atoms with van der Waals surface area (Å²) < 4.78 is 5.41. The quantitative estimate of drug-likeness (QED) is 0.682. The molecule has 0 aliphatic carbocycles. The smallest absolute Gasteiger partial charge is 0.258 e. The summed E-state index contributed by atoms with van der Waals surface area (Å²) in [4.78, 5) is 13.7. The molecule has 1 aromatic heterocycles. The van der Waals surface area contributed by atoms with Crippen LogP contribution in [0.2, 0.25) is 0 Å². The maximum atomic E-state index is 12.7. The van der Waals surface area contributed by atoms with E-state index in [1.807, 2.05) is 68.4 Å². The third-order valence-corrected chi connectivity index (χ3v) is 5.03. The second-order valence-electron chi connectivity index (χ2n) is 5.57. The van der Waals surface area contributed by atoms with Gasteiger partial charge in [-0.05, 0) is 49.2 Å². The van der Waals surface area contributed by atoms with Crippen LogP contribution in [0.3, 0.4) is 0 Å². The van der Waals surface area contributed by atoms with E-state index in [9.17, 15) is 4.79 Å². The molecule has 3 rings (SSSR count). The third kappa shape index (κ3) is 3.67. The number of hydrogen-bond donors (Lipinski definition) is 2. The molecule has 2 aromatic carbocycles. The number of nitrogen functional groups attached to an aromatic ring is 1. The second-order valence-corrected chi connectivity index (χ2v) is 6.63. The van der Waals surface area contributed by atoms with Crippen molar-refractivity contribution < 1.29 is 9.53 Å². The van der Waals surface area contributed by atoms with Crippen LogP contribution >= 0.6 is 11.3 Å². The Bertz CT molecular complexity index is 871. The average Bonchev–Trinajstić information content (AvgIpc) is 2.92. The molecule has 0 saturated heterocycles. The monoisotopic (exact) mass is 352 g/mol. The van der Waals surface area contributed by atoms with Crippen molar-refractivity contribution in [1.29, 1.82) is 0 Å². The summed E-state index contributed by atoms with van der Waals surface area (Å²) in [5.41, 5.74) is 9.35. The van der Waals surface area contributed by atoms with E-state index < -0.39 is 0 Å². The zero-order valence-corrected chi connectivity index (χ0v) is 15.0. The van der Waals surface area contributed by atoms with Gasteiger partial charge in [-0.15, -0.1) is 11.3 Å². The molecule has 0 atom stereocenters. The minimum absolute atomic E-state index is 0.197. The molecular weight excluding hydrogens is 332 g/mol. The van der Waals surface area contributed by atoms with Crippen molar-refractivity contribution in [3.8, 4) is 16.2 Å².